The summed E-state index contributed by atoms with van der Waals surface area (Å²) < 4.78 is 38.7. The number of carbonyl (C=O) groups excluding carboxylic acids is 1. The number of morpholine rings is 1. The summed E-state index contributed by atoms with van der Waals surface area (Å²) in [4.78, 5) is 12.0. The quantitative estimate of drug-likeness (QED) is 0.0753. The fourth-order valence-electron chi connectivity index (χ4n) is 4.91. The molecule has 1 saturated heterocycles. The Labute approximate surface area is 235 Å². The zero-order valence-corrected chi connectivity index (χ0v) is 26.0. The van der Waals surface area contributed by atoms with Crippen LogP contribution in [0.2, 0.25) is 0 Å². The maximum atomic E-state index is 12.0. The maximum absolute atomic E-state index is 12.0. The number of unbranched alkanes of at least 4 members (excludes halogenated alkanes) is 11. The number of rotatable bonds is 22. The molecule has 1 rings (SSSR count). The number of ether oxygens (including phenoxy) is 1. The highest BCUT2D eigenvalue weighted by molar-refractivity contribution is 7.80. The smallest absolute Gasteiger partial charge is 0.219 e. The minimum absolute atomic E-state index is 0.0914. The molecule has 1 aliphatic rings. The van der Waals surface area contributed by atoms with Crippen LogP contribution in [0.25, 0.3) is 0 Å². The Balaban J connectivity index is 0.00000171. The molecule has 0 aromatic rings. The molecule has 0 spiro atoms. The van der Waals surface area contributed by atoms with Gasteiger partial charge in [0.1, 0.15) is 13.1 Å². The molecule has 0 saturated carbocycles. The molecule has 0 aromatic heterocycles. The molecule has 1 amide bonds. The Bertz CT molecular complexity index is 651. The fraction of sp³-hybridized carbons (Fsp3) is 0.966. The Morgan fingerprint density at radius 3 is 1.79 bits per heavy atom. The summed E-state index contributed by atoms with van der Waals surface area (Å²) in [6, 6.07) is 0. The standard InChI is InChI=1S/C27H54N2O2.C2H6O4S/c1-4-29(22-24-31-25-23-29)21-17-20-28-27(30)19-16-14-12-10-8-6-5-7-9-11-13-15-18-26(2)3;1-2-6-7(3,4)5/h26H,4-25H2,1-3H3;2H2,1H3,(H,3,4,5). The molecule has 0 radical (unpaired) electrons. The van der Waals surface area contributed by atoms with Gasteiger partial charge in [-0.1, -0.05) is 90.9 Å². The van der Waals surface area contributed by atoms with Gasteiger partial charge in [-0.25, -0.2) is 8.42 Å². The third-order valence-corrected chi connectivity index (χ3v) is 7.94. The lowest BCUT2D eigenvalue weighted by Gasteiger charge is -2.40. The molecule has 0 bridgehead atoms. The number of likely N-dealkylation sites (N-methyl/N-ethyl adjacent to an activating group) is 1. The number of carbonyl (C=O) groups is 1. The molecule has 8 nitrogen and oxygen atoms in total. The van der Waals surface area contributed by atoms with Crippen LogP contribution in [-0.4, -0.2) is 75.9 Å². The number of hydrogen-bond donors (Lipinski definition) is 1. The Morgan fingerprint density at radius 2 is 1.37 bits per heavy atom. The average molecular weight is 565 g/mol. The summed E-state index contributed by atoms with van der Waals surface area (Å²) in [6.07, 6.45) is 19.4. The Hall–Kier alpha value is -0.740. The van der Waals surface area contributed by atoms with E-state index in [2.05, 4.69) is 30.3 Å². The lowest BCUT2D eigenvalue weighted by Crippen LogP contribution is -2.55. The number of amides is 1. The highest BCUT2D eigenvalue weighted by atomic mass is 32.3. The highest BCUT2D eigenvalue weighted by Gasteiger charge is 2.27. The van der Waals surface area contributed by atoms with Gasteiger partial charge < -0.3 is 19.1 Å². The van der Waals surface area contributed by atoms with Gasteiger partial charge >= 0.3 is 0 Å². The first kappa shape index (κ1) is 37.3. The van der Waals surface area contributed by atoms with Crippen molar-refractivity contribution in [2.45, 2.75) is 124 Å². The van der Waals surface area contributed by atoms with Crippen LogP contribution in [0, 0.1) is 5.92 Å². The predicted molar refractivity (Wildman–Crippen MR) is 155 cm³/mol. The van der Waals surface area contributed by atoms with Gasteiger partial charge in [0.25, 0.3) is 0 Å². The topological polar surface area (TPSA) is 105 Å². The predicted octanol–water partition coefficient (Wildman–Crippen LogP) is 5.96. The van der Waals surface area contributed by atoms with Gasteiger partial charge in [-0.3, -0.25) is 8.98 Å². The molecule has 38 heavy (non-hydrogen) atoms. The lowest BCUT2D eigenvalue weighted by atomic mass is 10.0. The van der Waals surface area contributed by atoms with Crippen LogP contribution in [0.4, 0.5) is 0 Å². The van der Waals surface area contributed by atoms with E-state index in [1.165, 1.54) is 90.5 Å². The van der Waals surface area contributed by atoms with E-state index < -0.39 is 10.4 Å². The summed E-state index contributed by atoms with van der Waals surface area (Å²) in [5, 5.41) is 3.13. The first-order valence-corrected chi connectivity index (χ1v) is 16.8. The summed E-state index contributed by atoms with van der Waals surface area (Å²) in [7, 11) is -4.42. The molecule has 228 valence electrons. The van der Waals surface area contributed by atoms with Gasteiger partial charge in [-0.2, -0.15) is 0 Å². The average Bonchev–Trinajstić information content (AvgIpc) is 2.87. The van der Waals surface area contributed by atoms with Crippen LogP contribution in [-0.2, 0) is 24.1 Å². The lowest BCUT2D eigenvalue weighted by molar-refractivity contribution is -0.933. The monoisotopic (exact) mass is 564 g/mol. The van der Waals surface area contributed by atoms with Crippen molar-refractivity contribution >= 4 is 16.3 Å². The molecular formula is C29H60N2O6S. The van der Waals surface area contributed by atoms with Gasteiger partial charge in [-0.05, 0) is 26.2 Å². The van der Waals surface area contributed by atoms with Gasteiger partial charge in [0, 0.05) is 19.4 Å². The Morgan fingerprint density at radius 1 is 0.868 bits per heavy atom. The largest absolute Gasteiger partial charge is 0.726 e. The first-order valence-electron chi connectivity index (χ1n) is 15.4. The third-order valence-electron chi connectivity index (χ3n) is 7.42. The molecule has 1 heterocycles. The van der Waals surface area contributed by atoms with Crippen LogP contribution < -0.4 is 5.32 Å². The van der Waals surface area contributed by atoms with Crippen LogP contribution in [0.15, 0.2) is 0 Å². The molecule has 0 aliphatic carbocycles. The van der Waals surface area contributed by atoms with Crippen LogP contribution in [0.5, 0.6) is 0 Å². The molecule has 1 aliphatic heterocycles. The molecular weight excluding hydrogens is 504 g/mol. The zero-order chi connectivity index (χ0) is 28.5. The van der Waals surface area contributed by atoms with Crippen molar-refractivity contribution in [1.29, 1.82) is 0 Å². The van der Waals surface area contributed by atoms with Crippen molar-refractivity contribution in [2.24, 2.45) is 5.92 Å². The summed E-state index contributed by atoms with van der Waals surface area (Å²) in [5.41, 5.74) is 0. The van der Waals surface area contributed by atoms with Crippen molar-refractivity contribution in [3.8, 4) is 0 Å². The van der Waals surface area contributed by atoms with Crippen LogP contribution in [0.1, 0.15) is 124 Å². The number of nitrogens with zero attached hydrogens (tertiary/aromatic N) is 1. The van der Waals surface area contributed by atoms with E-state index in [-0.39, 0.29) is 12.5 Å². The number of nitrogens with one attached hydrogen (secondary N) is 1. The molecule has 0 atom stereocenters. The van der Waals surface area contributed by atoms with E-state index in [9.17, 15) is 17.8 Å². The second-order valence-electron chi connectivity index (χ2n) is 11.1. The van der Waals surface area contributed by atoms with Crippen molar-refractivity contribution in [3.05, 3.63) is 0 Å². The second-order valence-corrected chi connectivity index (χ2v) is 12.2. The number of hydrogen-bond acceptors (Lipinski definition) is 6. The first-order chi connectivity index (χ1) is 18.1. The third kappa shape index (κ3) is 24.3. The second kappa shape index (κ2) is 24.1. The minimum Gasteiger partial charge on any atom is -0.726 e. The molecule has 0 aromatic carbocycles. The van der Waals surface area contributed by atoms with Crippen molar-refractivity contribution in [1.82, 2.24) is 5.32 Å². The SMILES string of the molecule is CCOS(=O)(=O)[O-].CC[N+]1(CCCNC(=O)CCCCCCCCCCCCCCC(C)C)CCOCC1. The summed E-state index contributed by atoms with van der Waals surface area (Å²) in [6.45, 7) is 15.5. The van der Waals surface area contributed by atoms with E-state index in [1.54, 1.807) is 0 Å². The van der Waals surface area contributed by atoms with Crippen LogP contribution >= 0.6 is 0 Å². The zero-order valence-electron chi connectivity index (χ0n) is 25.1. The van der Waals surface area contributed by atoms with Crippen LogP contribution in [0.3, 0.4) is 0 Å². The van der Waals surface area contributed by atoms with E-state index in [0.717, 1.165) is 62.6 Å². The van der Waals surface area contributed by atoms with E-state index in [4.69, 9.17) is 4.74 Å². The molecule has 0 unspecified atom stereocenters. The summed E-state index contributed by atoms with van der Waals surface area (Å²) in [5.74, 6) is 1.12. The normalized spacial score (nSPS) is 15.2. The van der Waals surface area contributed by atoms with E-state index in [0.29, 0.717) is 6.42 Å². The van der Waals surface area contributed by atoms with Crippen molar-refractivity contribution < 1.29 is 31.2 Å². The van der Waals surface area contributed by atoms with Gasteiger partial charge in [0.05, 0.1) is 32.9 Å². The molecule has 1 fully saturated rings. The van der Waals surface area contributed by atoms with Crippen molar-refractivity contribution in [3.63, 3.8) is 0 Å². The number of quaternary nitrogens is 1. The molecule has 1 N–H and O–H groups in total. The maximum Gasteiger partial charge on any atom is 0.219 e. The van der Waals surface area contributed by atoms with Gasteiger partial charge in [-0.15, -0.1) is 0 Å². The Kier molecular flexibility index (Phi) is 23.6. The molecule has 9 heteroatoms. The van der Waals surface area contributed by atoms with E-state index in [1.807, 2.05) is 0 Å². The van der Waals surface area contributed by atoms with Gasteiger partial charge in [0.2, 0.25) is 16.3 Å². The van der Waals surface area contributed by atoms with Crippen molar-refractivity contribution in [2.75, 3.05) is 52.5 Å². The minimum atomic E-state index is -4.42. The highest BCUT2D eigenvalue weighted by Crippen LogP contribution is 2.15. The van der Waals surface area contributed by atoms with E-state index >= 15 is 0 Å². The fourth-order valence-corrected chi connectivity index (χ4v) is 5.20. The van der Waals surface area contributed by atoms with Gasteiger partial charge in [0.15, 0.2) is 0 Å². The summed E-state index contributed by atoms with van der Waals surface area (Å²) >= 11 is 0.